The predicted molar refractivity (Wildman–Crippen MR) is 55.4 cm³/mol. The number of aromatic nitrogens is 1. The third-order valence-electron chi connectivity index (χ3n) is 2.48. The maximum absolute atomic E-state index is 11.2. The number of nitrogens with zero attached hydrogens (tertiary/aromatic N) is 2. The summed E-state index contributed by atoms with van der Waals surface area (Å²) in [4.78, 5) is 13.2. The van der Waals surface area contributed by atoms with E-state index in [4.69, 9.17) is 0 Å². The van der Waals surface area contributed by atoms with E-state index in [1.807, 2.05) is 33.0 Å². The Kier molecular flexibility index (Phi) is 2.96. The highest BCUT2D eigenvalue weighted by atomic mass is 16.3. The number of hydrogen-bond acceptors (Lipinski definition) is 3. The molecule has 4 heteroatoms. The van der Waals surface area contributed by atoms with E-state index < -0.39 is 0 Å². The van der Waals surface area contributed by atoms with Crippen LogP contribution in [0.25, 0.3) is 0 Å². The molecule has 0 spiro atoms. The molecule has 0 saturated heterocycles. The number of aromatic hydroxyl groups is 1. The highest BCUT2D eigenvalue weighted by molar-refractivity contribution is 5.28. The van der Waals surface area contributed by atoms with Crippen molar-refractivity contribution in [3.8, 4) is 5.75 Å². The van der Waals surface area contributed by atoms with Gasteiger partial charge in [0.1, 0.15) is 0 Å². The van der Waals surface area contributed by atoms with Crippen LogP contribution >= 0.6 is 0 Å². The van der Waals surface area contributed by atoms with Gasteiger partial charge in [-0.3, -0.25) is 4.79 Å². The van der Waals surface area contributed by atoms with Crippen molar-refractivity contribution in [2.45, 2.75) is 13.0 Å². The van der Waals surface area contributed by atoms with Crippen LogP contribution in [0.4, 0.5) is 0 Å². The van der Waals surface area contributed by atoms with Crippen molar-refractivity contribution in [1.29, 1.82) is 0 Å². The summed E-state index contributed by atoms with van der Waals surface area (Å²) in [5, 5.41) is 9.64. The highest BCUT2D eigenvalue weighted by Crippen LogP contribution is 2.22. The molecule has 1 aromatic rings. The topological polar surface area (TPSA) is 45.5 Å². The Morgan fingerprint density at radius 3 is 2.57 bits per heavy atom. The Bertz CT molecular complexity index is 382. The fourth-order valence-electron chi connectivity index (χ4n) is 1.37. The van der Waals surface area contributed by atoms with Gasteiger partial charge < -0.3 is 14.6 Å². The monoisotopic (exact) mass is 196 g/mol. The first-order valence-electron chi connectivity index (χ1n) is 4.50. The molecule has 1 atom stereocenters. The third kappa shape index (κ3) is 1.80. The van der Waals surface area contributed by atoms with Crippen LogP contribution in [0.3, 0.4) is 0 Å². The van der Waals surface area contributed by atoms with Gasteiger partial charge in [0.15, 0.2) is 5.75 Å². The van der Waals surface area contributed by atoms with Gasteiger partial charge in [0, 0.05) is 19.3 Å². The van der Waals surface area contributed by atoms with Gasteiger partial charge in [-0.15, -0.1) is 0 Å². The second-order valence-electron chi connectivity index (χ2n) is 3.66. The third-order valence-corrected chi connectivity index (χ3v) is 2.48. The molecule has 0 saturated carbocycles. The van der Waals surface area contributed by atoms with Crippen LogP contribution in [0.5, 0.6) is 5.75 Å². The minimum atomic E-state index is -0.327. The van der Waals surface area contributed by atoms with Crippen molar-refractivity contribution in [2.75, 3.05) is 14.1 Å². The first-order chi connectivity index (χ1) is 6.45. The Hall–Kier alpha value is -1.29. The van der Waals surface area contributed by atoms with Crippen molar-refractivity contribution >= 4 is 0 Å². The van der Waals surface area contributed by atoms with Crippen LogP contribution in [0.2, 0.25) is 0 Å². The van der Waals surface area contributed by atoms with E-state index in [1.165, 1.54) is 6.07 Å². The molecule has 1 N–H and O–H groups in total. The molecule has 1 heterocycles. The molecular weight excluding hydrogens is 180 g/mol. The normalized spacial score (nSPS) is 13.2. The summed E-state index contributed by atoms with van der Waals surface area (Å²) in [6.07, 6.45) is 1.66. The van der Waals surface area contributed by atoms with Crippen LogP contribution in [0.1, 0.15) is 18.7 Å². The lowest BCUT2D eigenvalue weighted by molar-refractivity contribution is 0.297. The Labute approximate surface area is 83.4 Å². The summed E-state index contributed by atoms with van der Waals surface area (Å²) in [5.41, 5.74) is 0.314. The second-order valence-corrected chi connectivity index (χ2v) is 3.66. The Balaban J connectivity index is 3.32. The lowest BCUT2D eigenvalue weighted by Gasteiger charge is -2.23. The van der Waals surface area contributed by atoms with Crippen molar-refractivity contribution in [2.24, 2.45) is 7.05 Å². The first kappa shape index (κ1) is 10.8. The average Bonchev–Trinajstić information content (AvgIpc) is 2.12. The van der Waals surface area contributed by atoms with E-state index in [0.29, 0.717) is 5.69 Å². The number of hydrogen-bond donors (Lipinski definition) is 1. The molecule has 0 aliphatic carbocycles. The SMILES string of the molecule is CC(c1c(O)c(=O)ccn1C)N(C)C. The zero-order chi connectivity index (χ0) is 10.9. The molecule has 14 heavy (non-hydrogen) atoms. The summed E-state index contributed by atoms with van der Waals surface area (Å²) in [6, 6.07) is 1.37. The number of rotatable bonds is 2. The molecule has 0 amide bonds. The second kappa shape index (κ2) is 3.84. The van der Waals surface area contributed by atoms with Crippen molar-refractivity contribution in [3.05, 3.63) is 28.2 Å². The van der Waals surface area contributed by atoms with Crippen molar-refractivity contribution < 1.29 is 5.11 Å². The van der Waals surface area contributed by atoms with Gasteiger partial charge in [0.25, 0.3) is 0 Å². The summed E-state index contributed by atoms with van der Waals surface area (Å²) in [7, 11) is 5.62. The molecule has 0 fully saturated rings. The molecule has 1 unspecified atom stereocenters. The molecule has 1 aromatic heterocycles. The van der Waals surface area contributed by atoms with E-state index in [1.54, 1.807) is 10.8 Å². The average molecular weight is 196 g/mol. The predicted octanol–water partition coefficient (Wildman–Crippen LogP) is 0.714. The van der Waals surface area contributed by atoms with Crippen LogP contribution in [-0.2, 0) is 7.05 Å². The molecule has 0 radical (unpaired) electrons. The van der Waals surface area contributed by atoms with Gasteiger partial charge in [-0.25, -0.2) is 0 Å². The molecule has 0 aliphatic rings. The smallest absolute Gasteiger partial charge is 0.223 e. The van der Waals surface area contributed by atoms with Gasteiger partial charge in [-0.2, -0.15) is 0 Å². The maximum atomic E-state index is 11.2. The molecule has 0 bridgehead atoms. The lowest BCUT2D eigenvalue weighted by atomic mass is 10.1. The zero-order valence-corrected chi connectivity index (χ0v) is 8.98. The largest absolute Gasteiger partial charge is 0.503 e. The minimum Gasteiger partial charge on any atom is -0.503 e. The van der Waals surface area contributed by atoms with E-state index in [0.717, 1.165) is 0 Å². The Morgan fingerprint density at radius 2 is 2.07 bits per heavy atom. The van der Waals surface area contributed by atoms with Crippen molar-refractivity contribution in [3.63, 3.8) is 0 Å². The van der Waals surface area contributed by atoms with E-state index in [2.05, 4.69) is 0 Å². The number of aryl methyl sites for hydroxylation is 1. The van der Waals surface area contributed by atoms with Crippen LogP contribution in [0, 0.1) is 0 Å². The molecule has 1 rings (SSSR count). The summed E-state index contributed by atoms with van der Waals surface area (Å²) in [5.74, 6) is -0.156. The fourth-order valence-corrected chi connectivity index (χ4v) is 1.37. The fraction of sp³-hybridized carbons (Fsp3) is 0.500. The summed E-state index contributed by atoms with van der Waals surface area (Å²) >= 11 is 0. The minimum absolute atomic E-state index is 0.00824. The van der Waals surface area contributed by atoms with Crippen LogP contribution in [-0.4, -0.2) is 28.7 Å². The first-order valence-corrected chi connectivity index (χ1v) is 4.50. The van der Waals surface area contributed by atoms with E-state index in [9.17, 15) is 9.90 Å². The standard InChI is InChI=1S/C10H16N2O2/c1-7(11(2)3)9-10(14)8(13)5-6-12(9)4/h5-7,14H,1-4H3. The van der Waals surface area contributed by atoms with Gasteiger partial charge in [0.05, 0.1) is 11.7 Å². The maximum Gasteiger partial charge on any atom is 0.223 e. The molecular formula is C10H16N2O2. The van der Waals surface area contributed by atoms with E-state index in [-0.39, 0.29) is 17.2 Å². The Morgan fingerprint density at radius 1 is 1.50 bits per heavy atom. The van der Waals surface area contributed by atoms with Gasteiger partial charge in [-0.1, -0.05) is 0 Å². The number of pyridine rings is 1. The zero-order valence-electron chi connectivity index (χ0n) is 8.98. The lowest BCUT2D eigenvalue weighted by Crippen LogP contribution is -2.22. The molecule has 0 aromatic carbocycles. The van der Waals surface area contributed by atoms with Gasteiger partial charge >= 0.3 is 0 Å². The van der Waals surface area contributed by atoms with Crippen LogP contribution < -0.4 is 5.43 Å². The molecule has 0 aliphatic heterocycles. The van der Waals surface area contributed by atoms with E-state index >= 15 is 0 Å². The molecule has 4 nitrogen and oxygen atoms in total. The van der Waals surface area contributed by atoms with Crippen LogP contribution in [0.15, 0.2) is 17.1 Å². The highest BCUT2D eigenvalue weighted by Gasteiger charge is 2.16. The molecule has 78 valence electrons. The quantitative estimate of drug-likeness (QED) is 0.757. The summed E-state index contributed by atoms with van der Waals surface area (Å²) < 4.78 is 1.77. The summed E-state index contributed by atoms with van der Waals surface area (Å²) in [6.45, 7) is 1.94. The van der Waals surface area contributed by atoms with Gasteiger partial charge in [-0.05, 0) is 21.0 Å². The van der Waals surface area contributed by atoms with Gasteiger partial charge in [0.2, 0.25) is 5.43 Å². The van der Waals surface area contributed by atoms with Crippen molar-refractivity contribution in [1.82, 2.24) is 9.47 Å².